The van der Waals surface area contributed by atoms with E-state index in [0.29, 0.717) is 13.2 Å². The highest BCUT2D eigenvalue weighted by molar-refractivity contribution is 5.92. The van der Waals surface area contributed by atoms with Gasteiger partial charge in [-0.15, -0.1) is 0 Å². The average molecular weight is 305 g/mol. The van der Waals surface area contributed by atoms with E-state index in [1.807, 2.05) is 24.3 Å². The van der Waals surface area contributed by atoms with Crippen molar-refractivity contribution in [3.05, 3.63) is 29.8 Å². The van der Waals surface area contributed by atoms with Crippen LogP contribution in [0.2, 0.25) is 0 Å². The van der Waals surface area contributed by atoms with Crippen LogP contribution in [-0.2, 0) is 14.9 Å². The molecule has 0 heterocycles. The summed E-state index contributed by atoms with van der Waals surface area (Å²) in [5.74, 6) is 0.920. The molecule has 4 nitrogen and oxygen atoms in total. The number of nitrogens with one attached hydrogen (secondary N) is 1. The largest absolute Gasteiger partial charge is 0.496 e. The van der Waals surface area contributed by atoms with Gasteiger partial charge in [0.15, 0.2) is 0 Å². The number of rotatable bonds is 10. The van der Waals surface area contributed by atoms with E-state index in [2.05, 4.69) is 12.2 Å². The fourth-order valence-corrected chi connectivity index (χ4v) is 2.68. The number of benzene rings is 1. The molecule has 0 radical (unpaired) electrons. The Morgan fingerprint density at radius 1 is 1.23 bits per heavy atom. The summed E-state index contributed by atoms with van der Waals surface area (Å²) < 4.78 is 10.9. The van der Waals surface area contributed by atoms with Crippen LogP contribution >= 0.6 is 0 Å². The third-order valence-corrected chi connectivity index (χ3v) is 4.20. The molecule has 1 amide bonds. The third kappa shape index (κ3) is 4.01. The number of methoxy groups -OCH3 is 1. The second-order valence-electron chi connectivity index (χ2n) is 5.86. The SMILES string of the molecule is CCCCOCCCNC(=O)C1(c2ccccc2OC)CC1. The van der Waals surface area contributed by atoms with Gasteiger partial charge in [0.1, 0.15) is 5.75 Å². The van der Waals surface area contributed by atoms with Crippen molar-refractivity contribution in [2.45, 2.75) is 44.4 Å². The van der Waals surface area contributed by atoms with Crippen molar-refractivity contribution in [3.63, 3.8) is 0 Å². The third-order valence-electron chi connectivity index (χ3n) is 4.20. The maximum Gasteiger partial charge on any atom is 0.230 e. The molecule has 122 valence electrons. The summed E-state index contributed by atoms with van der Waals surface area (Å²) >= 11 is 0. The first kappa shape index (κ1) is 16.8. The molecule has 1 aliphatic rings. The van der Waals surface area contributed by atoms with Gasteiger partial charge in [-0.05, 0) is 31.7 Å². The minimum absolute atomic E-state index is 0.116. The van der Waals surface area contributed by atoms with Crippen molar-refractivity contribution in [3.8, 4) is 5.75 Å². The first-order valence-corrected chi connectivity index (χ1v) is 8.24. The Bertz CT molecular complexity index is 483. The van der Waals surface area contributed by atoms with E-state index in [4.69, 9.17) is 9.47 Å². The number of ether oxygens (including phenoxy) is 2. The van der Waals surface area contributed by atoms with E-state index >= 15 is 0 Å². The molecule has 2 rings (SSSR count). The summed E-state index contributed by atoms with van der Waals surface area (Å²) in [6.07, 6.45) is 4.90. The molecule has 0 aromatic heterocycles. The minimum Gasteiger partial charge on any atom is -0.496 e. The van der Waals surface area contributed by atoms with E-state index in [1.54, 1.807) is 7.11 Å². The lowest BCUT2D eigenvalue weighted by molar-refractivity contribution is -0.123. The lowest BCUT2D eigenvalue weighted by Gasteiger charge is -2.18. The van der Waals surface area contributed by atoms with Crippen LogP contribution in [0, 0.1) is 0 Å². The standard InChI is InChI=1S/C18H27NO3/c1-3-4-13-22-14-7-12-19-17(20)18(10-11-18)15-8-5-6-9-16(15)21-2/h5-6,8-9H,3-4,7,10-14H2,1-2H3,(H,19,20). The van der Waals surface area contributed by atoms with Crippen LogP contribution in [0.15, 0.2) is 24.3 Å². The smallest absolute Gasteiger partial charge is 0.230 e. The van der Waals surface area contributed by atoms with Gasteiger partial charge >= 0.3 is 0 Å². The number of carbonyl (C=O) groups is 1. The average Bonchev–Trinajstić information content (AvgIpc) is 3.35. The highest BCUT2D eigenvalue weighted by atomic mass is 16.5. The van der Waals surface area contributed by atoms with Gasteiger partial charge in [0.05, 0.1) is 12.5 Å². The van der Waals surface area contributed by atoms with Crippen LogP contribution < -0.4 is 10.1 Å². The van der Waals surface area contributed by atoms with E-state index < -0.39 is 0 Å². The normalized spacial score (nSPS) is 15.4. The van der Waals surface area contributed by atoms with Crippen molar-refractivity contribution >= 4 is 5.91 Å². The molecule has 0 unspecified atom stereocenters. The molecular weight excluding hydrogens is 278 g/mol. The van der Waals surface area contributed by atoms with E-state index in [1.165, 1.54) is 0 Å². The second-order valence-corrected chi connectivity index (χ2v) is 5.86. The van der Waals surface area contributed by atoms with Crippen molar-refractivity contribution < 1.29 is 14.3 Å². The molecule has 1 aromatic rings. The van der Waals surface area contributed by atoms with Gasteiger partial charge in [-0.1, -0.05) is 31.5 Å². The molecule has 0 spiro atoms. The highest BCUT2D eigenvalue weighted by Crippen LogP contribution is 2.51. The number of carbonyl (C=O) groups excluding carboxylic acids is 1. The Hall–Kier alpha value is -1.55. The summed E-state index contributed by atoms with van der Waals surface area (Å²) in [4.78, 5) is 12.5. The maximum absolute atomic E-state index is 12.5. The van der Waals surface area contributed by atoms with Crippen LogP contribution in [0.1, 0.15) is 44.6 Å². The zero-order valence-electron chi connectivity index (χ0n) is 13.7. The first-order chi connectivity index (χ1) is 10.7. The lowest BCUT2D eigenvalue weighted by Crippen LogP contribution is -2.35. The second kappa shape index (κ2) is 8.18. The Balaban J connectivity index is 1.80. The predicted octanol–water partition coefficient (Wildman–Crippen LogP) is 3.05. The number of para-hydroxylation sites is 1. The lowest BCUT2D eigenvalue weighted by atomic mass is 9.94. The number of unbranched alkanes of at least 4 members (excludes halogenated alkanes) is 1. The molecule has 4 heteroatoms. The monoisotopic (exact) mass is 305 g/mol. The quantitative estimate of drug-likeness (QED) is 0.676. The van der Waals surface area contributed by atoms with Crippen LogP contribution in [0.5, 0.6) is 5.75 Å². The van der Waals surface area contributed by atoms with Crippen LogP contribution in [-0.4, -0.2) is 32.8 Å². The highest BCUT2D eigenvalue weighted by Gasteiger charge is 2.52. The number of amides is 1. The van der Waals surface area contributed by atoms with Crippen LogP contribution in [0.3, 0.4) is 0 Å². The maximum atomic E-state index is 12.5. The summed E-state index contributed by atoms with van der Waals surface area (Å²) in [5.41, 5.74) is 0.629. The molecule has 0 aliphatic heterocycles. The van der Waals surface area contributed by atoms with Gasteiger partial charge in [0.25, 0.3) is 0 Å². The molecule has 1 N–H and O–H groups in total. The number of hydrogen-bond donors (Lipinski definition) is 1. The first-order valence-electron chi connectivity index (χ1n) is 8.24. The van der Waals surface area contributed by atoms with Gasteiger partial charge in [-0.2, -0.15) is 0 Å². The molecule has 22 heavy (non-hydrogen) atoms. The Kier molecular flexibility index (Phi) is 6.25. The molecule has 1 saturated carbocycles. The molecule has 1 fully saturated rings. The summed E-state index contributed by atoms with van der Waals surface area (Å²) in [6.45, 7) is 4.34. The topological polar surface area (TPSA) is 47.6 Å². The summed E-state index contributed by atoms with van der Waals surface area (Å²) in [5, 5.41) is 3.05. The van der Waals surface area contributed by atoms with Gasteiger partial charge in [-0.25, -0.2) is 0 Å². The van der Waals surface area contributed by atoms with E-state index in [0.717, 1.165) is 50.0 Å². The zero-order chi connectivity index (χ0) is 15.8. The molecule has 1 aliphatic carbocycles. The van der Waals surface area contributed by atoms with Crippen LogP contribution in [0.25, 0.3) is 0 Å². The van der Waals surface area contributed by atoms with Crippen LogP contribution in [0.4, 0.5) is 0 Å². The van der Waals surface area contributed by atoms with E-state index in [-0.39, 0.29) is 11.3 Å². The summed E-state index contributed by atoms with van der Waals surface area (Å²) in [7, 11) is 1.65. The van der Waals surface area contributed by atoms with Crippen molar-refractivity contribution in [2.24, 2.45) is 0 Å². The van der Waals surface area contributed by atoms with Crippen molar-refractivity contribution in [2.75, 3.05) is 26.9 Å². The Labute approximate surface area is 133 Å². The molecule has 0 saturated heterocycles. The van der Waals surface area contributed by atoms with Gasteiger partial charge < -0.3 is 14.8 Å². The van der Waals surface area contributed by atoms with Gasteiger partial charge in [0, 0.05) is 25.3 Å². The molecular formula is C18H27NO3. The predicted molar refractivity (Wildman–Crippen MR) is 87.3 cm³/mol. The molecule has 0 atom stereocenters. The fourth-order valence-electron chi connectivity index (χ4n) is 2.68. The molecule has 0 bridgehead atoms. The molecule has 1 aromatic carbocycles. The van der Waals surface area contributed by atoms with Crippen molar-refractivity contribution in [1.82, 2.24) is 5.32 Å². The Morgan fingerprint density at radius 3 is 2.64 bits per heavy atom. The zero-order valence-corrected chi connectivity index (χ0v) is 13.7. The minimum atomic E-state index is -0.379. The van der Waals surface area contributed by atoms with E-state index in [9.17, 15) is 4.79 Å². The number of hydrogen-bond acceptors (Lipinski definition) is 3. The van der Waals surface area contributed by atoms with Gasteiger partial charge in [0.2, 0.25) is 5.91 Å². The van der Waals surface area contributed by atoms with Gasteiger partial charge in [-0.3, -0.25) is 4.79 Å². The Morgan fingerprint density at radius 2 is 1.95 bits per heavy atom. The fraction of sp³-hybridized carbons (Fsp3) is 0.611. The van der Waals surface area contributed by atoms with Crippen molar-refractivity contribution in [1.29, 1.82) is 0 Å². The summed E-state index contributed by atoms with van der Waals surface area (Å²) in [6, 6.07) is 7.82.